The SMILES string of the molecule is Cc1cccc(CCNC(=O)C2CCC(N)C2)c1. The Morgan fingerprint density at radius 2 is 2.28 bits per heavy atom. The first-order chi connectivity index (χ1) is 8.65. The van der Waals surface area contributed by atoms with E-state index in [0.717, 1.165) is 25.7 Å². The van der Waals surface area contributed by atoms with Crippen molar-refractivity contribution in [3.05, 3.63) is 35.4 Å². The van der Waals surface area contributed by atoms with Crippen LogP contribution in [0.3, 0.4) is 0 Å². The predicted octanol–water partition coefficient (Wildman–Crippen LogP) is 1.78. The topological polar surface area (TPSA) is 55.1 Å². The third-order valence-electron chi connectivity index (χ3n) is 3.64. The first kappa shape index (κ1) is 13.1. The molecule has 98 valence electrons. The van der Waals surface area contributed by atoms with Crippen molar-refractivity contribution in [1.82, 2.24) is 5.32 Å². The Morgan fingerprint density at radius 1 is 1.44 bits per heavy atom. The van der Waals surface area contributed by atoms with Crippen LogP contribution >= 0.6 is 0 Å². The molecule has 0 spiro atoms. The van der Waals surface area contributed by atoms with E-state index < -0.39 is 0 Å². The molecule has 3 N–H and O–H groups in total. The molecule has 1 fully saturated rings. The van der Waals surface area contributed by atoms with Crippen molar-refractivity contribution in [2.75, 3.05) is 6.54 Å². The van der Waals surface area contributed by atoms with Gasteiger partial charge in [-0.05, 0) is 38.2 Å². The van der Waals surface area contributed by atoms with Gasteiger partial charge in [-0.25, -0.2) is 0 Å². The third-order valence-corrected chi connectivity index (χ3v) is 3.64. The molecule has 18 heavy (non-hydrogen) atoms. The molecule has 0 radical (unpaired) electrons. The van der Waals surface area contributed by atoms with Crippen molar-refractivity contribution in [3.8, 4) is 0 Å². The second-order valence-corrected chi connectivity index (χ2v) is 5.30. The van der Waals surface area contributed by atoms with Crippen LogP contribution in [0.5, 0.6) is 0 Å². The van der Waals surface area contributed by atoms with E-state index in [1.54, 1.807) is 0 Å². The molecule has 1 amide bonds. The van der Waals surface area contributed by atoms with E-state index in [0.29, 0.717) is 6.54 Å². The number of rotatable bonds is 4. The molecule has 0 bridgehead atoms. The number of hydrogen-bond acceptors (Lipinski definition) is 2. The van der Waals surface area contributed by atoms with Crippen molar-refractivity contribution < 1.29 is 4.79 Å². The van der Waals surface area contributed by atoms with Gasteiger partial charge in [-0.15, -0.1) is 0 Å². The van der Waals surface area contributed by atoms with Crippen LogP contribution in [0.4, 0.5) is 0 Å². The van der Waals surface area contributed by atoms with Crippen molar-refractivity contribution in [1.29, 1.82) is 0 Å². The zero-order chi connectivity index (χ0) is 13.0. The minimum Gasteiger partial charge on any atom is -0.356 e. The summed E-state index contributed by atoms with van der Waals surface area (Å²) in [5, 5.41) is 3.02. The zero-order valence-corrected chi connectivity index (χ0v) is 11.0. The fourth-order valence-corrected chi connectivity index (χ4v) is 2.60. The summed E-state index contributed by atoms with van der Waals surface area (Å²) in [6.45, 7) is 2.80. The highest BCUT2D eigenvalue weighted by Gasteiger charge is 2.27. The molecule has 1 saturated carbocycles. The van der Waals surface area contributed by atoms with Crippen molar-refractivity contribution in [3.63, 3.8) is 0 Å². The number of nitrogens with two attached hydrogens (primary N) is 1. The summed E-state index contributed by atoms with van der Waals surface area (Å²) in [5.41, 5.74) is 8.36. The van der Waals surface area contributed by atoms with Crippen LogP contribution in [-0.4, -0.2) is 18.5 Å². The lowest BCUT2D eigenvalue weighted by Crippen LogP contribution is -2.31. The lowest BCUT2D eigenvalue weighted by molar-refractivity contribution is -0.124. The van der Waals surface area contributed by atoms with Crippen LogP contribution in [0.15, 0.2) is 24.3 Å². The van der Waals surface area contributed by atoms with Crippen molar-refractivity contribution >= 4 is 5.91 Å². The lowest BCUT2D eigenvalue weighted by Gasteiger charge is -2.10. The molecule has 3 nitrogen and oxygen atoms in total. The summed E-state index contributed by atoms with van der Waals surface area (Å²) in [4.78, 5) is 11.9. The molecule has 1 aromatic rings. The highest BCUT2D eigenvalue weighted by molar-refractivity contribution is 5.79. The van der Waals surface area contributed by atoms with Gasteiger partial charge in [0.1, 0.15) is 0 Å². The number of carbonyl (C=O) groups excluding carboxylic acids is 1. The maximum absolute atomic E-state index is 11.9. The third kappa shape index (κ3) is 3.57. The van der Waals surface area contributed by atoms with Gasteiger partial charge in [-0.3, -0.25) is 4.79 Å². The van der Waals surface area contributed by atoms with Gasteiger partial charge in [0.05, 0.1) is 0 Å². The first-order valence-electron chi connectivity index (χ1n) is 6.74. The number of benzene rings is 1. The monoisotopic (exact) mass is 246 g/mol. The molecule has 0 aromatic heterocycles. The lowest BCUT2D eigenvalue weighted by atomic mass is 10.1. The molecule has 0 saturated heterocycles. The smallest absolute Gasteiger partial charge is 0.223 e. The minimum atomic E-state index is 0.137. The molecule has 1 aliphatic rings. The van der Waals surface area contributed by atoms with E-state index >= 15 is 0 Å². The fraction of sp³-hybridized carbons (Fsp3) is 0.533. The fourth-order valence-electron chi connectivity index (χ4n) is 2.60. The van der Waals surface area contributed by atoms with Crippen molar-refractivity contribution in [2.45, 2.75) is 38.6 Å². The summed E-state index contributed by atoms with van der Waals surface area (Å²) in [6.07, 6.45) is 3.66. The molecule has 0 aliphatic heterocycles. The van der Waals surface area contributed by atoms with E-state index in [1.807, 2.05) is 0 Å². The van der Waals surface area contributed by atoms with Gasteiger partial charge >= 0.3 is 0 Å². The van der Waals surface area contributed by atoms with Gasteiger partial charge in [-0.1, -0.05) is 29.8 Å². The van der Waals surface area contributed by atoms with E-state index in [2.05, 4.69) is 36.5 Å². The Bertz CT molecular complexity index is 417. The second-order valence-electron chi connectivity index (χ2n) is 5.30. The molecular formula is C15H22N2O. The van der Waals surface area contributed by atoms with Crippen molar-refractivity contribution in [2.24, 2.45) is 11.7 Å². The van der Waals surface area contributed by atoms with E-state index in [4.69, 9.17) is 5.73 Å². The molecular weight excluding hydrogens is 224 g/mol. The number of carbonyl (C=O) groups is 1. The van der Waals surface area contributed by atoms with E-state index in [1.165, 1.54) is 11.1 Å². The highest BCUT2D eigenvalue weighted by atomic mass is 16.1. The van der Waals surface area contributed by atoms with Gasteiger partial charge < -0.3 is 11.1 Å². The molecule has 2 rings (SSSR count). The Balaban J connectivity index is 1.73. The molecule has 1 aliphatic carbocycles. The van der Waals surface area contributed by atoms with Gasteiger partial charge in [0.15, 0.2) is 0 Å². The summed E-state index contributed by atoms with van der Waals surface area (Å²) in [7, 11) is 0. The van der Waals surface area contributed by atoms with Crippen LogP contribution in [-0.2, 0) is 11.2 Å². The summed E-state index contributed by atoms with van der Waals surface area (Å²) in [5.74, 6) is 0.313. The normalized spacial score (nSPS) is 23.0. The molecule has 2 unspecified atom stereocenters. The minimum absolute atomic E-state index is 0.137. The Kier molecular flexibility index (Phi) is 4.37. The Morgan fingerprint density at radius 3 is 2.94 bits per heavy atom. The molecule has 2 atom stereocenters. The number of hydrogen-bond donors (Lipinski definition) is 2. The van der Waals surface area contributed by atoms with Gasteiger partial charge in [0.25, 0.3) is 0 Å². The first-order valence-corrected chi connectivity index (χ1v) is 6.74. The Hall–Kier alpha value is -1.35. The van der Waals surface area contributed by atoms with Crippen LogP contribution in [0.2, 0.25) is 0 Å². The zero-order valence-electron chi connectivity index (χ0n) is 11.0. The van der Waals surface area contributed by atoms with Gasteiger partial charge in [0.2, 0.25) is 5.91 Å². The van der Waals surface area contributed by atoms with E-state index in [9.17, 15) is 4.79 Å². The second kappa shape index (κ2) is 6.01. The maximum Gasteiger partial charge on any atom is 0.223 e. The molecule has 1 aromatic carbocycles. The number of nitrogens with one attached hydrogen (secondary N) is 1. The number of amides is 1. The highest BCUT2D eigenvalue weighted by Crippen LogP contribution is 2.23. The Labute approximate surface area is 109 Å². The summed E-state index contributed by atoms with van der Waals surface area (Å²) in [6, 6.07) is 8.63. The maximum atomic E-state index is 11.9. The summed E-state index contributed by atoms with van der Waals surface area (Å²) >= 11 is 0. The van der Waals surface area contributed by atoms with Gasteiger partial charge in [0, 0.05) is 18.5 Å². The van der Waals surface area contributed by atoms with Gasteiger partial charge in [-0.2, -0.15) is 0 Å². The standard InChI is InChI=1S/C15H22N2O/c1-11-3-2-4-12(9-11)7-8-17-15(18)13-5-6-14(16)10-13/h2-4,9,13-14H,5-8,10,16H2,1H3,(H,17,18). The van der Waals surface area contributed by atoms with Crippen LogP contribution in [0, 0.1) is 12.8 Å². The van der Waals surface area contributed by atoms with Crippen LogP contribution in [0.1, 0.15) is 30.4 Å². The van der Waals surface area contributed by atoms with Crippen LogP contribution in [0.25, 0.3) is 0 Å². The van der Waals surface area contributed by atoms with E-state index in [-0.39, 0.29) is 17.9 Å². The predicted molar refractivity (Wildman–Crippen MR) is 73.2 cm³/mol. The number of aryl methyl sites for hydroxylation is 1. The molecule has 3 heteroatoms. The average Bonchev–Trinajstić information content (AvgIpc) is 2.76. The largest absolute Gasteiger partial charge is 0.356 e. The van der Waals surface area contributed by atoms with Crippen LogP contribution < -0.4 is 11.1 Å². The quantitative estimate of drug-likeness (QED) is 0.851. The summed E-state index contributed by atoms with van der Waals surface area (Å²) < 4.78 is 0. The molecule has 0 heterocycles. The average molecular weight is 246 g/mol.